The monoisotopic (exact) mass is 169 g/mol. The van der Waals surface area contributed by atoms with Crippen LogP contribution in [-0.2, 0) is 4.79 Å². The fourth-order valence-electron chi connectivity index (χ4n) is 2.00. The van der Waals surface area contributed by atoms with Gasteiger partial charge in [0.1, 0.15) is 0 Å². The van der Waals surface area contributed by atoms with Crippen LogP contribution in [0.25, 0.3) is 0 Å². The Morgan fingerprint density at radius 1 is 1.58 bits per heavy atom. The van der Waals surface area contributed by atoms with Crippen molar-refractivity contribution < 1.29 is 9.90 Å². The zero-order valence-corrected chi connectivity index (χ0v) is 7.42. The van der Waals surface area contributed by atoms with Crippen LogP contribution in [0, 0.1) is 5.41 Å². The SMILES string of the molecule is CC(CC(=O)O)N1CC2(CC2)C1. The van der Waals surface area contributed by atoms with E-state index in [2.05, 4.69) is 4.90 Å². The summed E-state index contributed by atoms with van der Waals surface area (Å²) in [5.41, 5.74) is 0.646. The van der Waals surface area contributed by atoms with E-state index in [4.69, 9.17) is 5.11 Å². The lowest BCUT2D eigenvalue weighted by molar-refractivity contribution is -0.139. The molecule has 1 unspecified atom stereocenters. The van der Waals surface area contributed by atoms with Gasteiger partial charge < -0.3 is 5.11 Å². The van der Waals surface area contributed by atoms with Crippen molar-refractivity contribution in [3.05, 3.63) is 0 Å². The number of aliphatic carboxylic acids is 1. The van der Waals surface area contributed by atoms with E-state index in [0.29, 0.717) is 5.41 Å². The van der Waals surface area contributed by atoms with E-state index in [9.17, 15) is 4.79 Å². The summed E-state index contributed by atoms with van der Waals surface area (Å²) in [6, 6.07) is 0.230. The van der Waals surface area contributed by atoms with Gasteiger partial charge in [-0.3, -0.25) is 9.69 Å². The van der Waals surface area contributed by atoms with Gasteiger partial charge in [-0.1, -0.05) is 0 Å². The summed E-state index contributed by atoms with van der Waals surface area (Å²) in [5.74, 6) is -0.681. The molecule has 12 heavy (non-hydrogen) atoms. The van der Waals surface area contributed by atoms with E-state index in [1.165, 1.54) is 12.8 Å². The Morgan fingerprint density at radius 3 is 2.58 bits per heavy atom. The van der Waals surface area contributed by atoms with Crippen molar-refractivity contribution >= 4 is 5.97 Å². The summed E-state index contributed by atoms with van der Waals surface area (Å²) in [6.07, 6.45) is 3.02. The van der Waals surface area contributed by atoms with E-state index in [-0.39, 0.29) is 12.5 Å². The van der Waals surface area contributed by atoms with Crippen LogP contribution in [-0.4, -0.2) is 35.1 Å². The smallest absolute Gasteiger partial charge is 0.304 e. The molecule has 0 radical (unpaired) electrons. The molecule has 1 saturated carbocycles. The fraction of sp³-hybridized carbons (Fsp3) is 0.889. The zero-order chi connectivity index (χ0) is 8.77. The molecule has 1 heterocycles. The highest BCUT2D eigenvalue weighted by Gasteiger charge is 2.53. The van der Waals surface area contributed by atoms with Gasteiger partial charge in [0.2, 0.25) is 0 Å². The van der Waals surface area contributed by atoms with Gasteiger partial charge in [-0.2, -0.15) is 0 Å². The molecule has 0 aromatic rings. The van der Waals surface area contributed by atoms with Crippen molar-refractivity contribution in [3.63, 3.8) is 0 Å². The average Bonchev–Trinajstić information content (AvgIpc) is 2.59. The summed E-state index contributed by atoms with van der Waals surface area (Å²) in [5, 5.41) is 8.57. The van der Waals surface area contributed by atoms with Gasteiger partial charge in [0.25, 0.3) is 0 Å². The summed E-state index contributed by atoms with van der Waals surface area (Å²) < 4.78 is 0. The first-order chi connectivity index (χ1) is 5.61. The lowest BCUT2D eigenvalue weighted by Gasteiger charge is -2.43. The summed E-state index contributed by atoms with van der Waals surface area (Å²) in [4.78, 5) is 12.7. The predicted molar refractivity (Wildman–Crippen MR) is 45.0 cm³/mol. The number of hydrogen-bond donors (Lipinski definition) is 1. The Bertz CT molecular complexity index is 203. The minimum atomic E-state index is -0.681. The van der Waals surface area contributed by atoms with Crippen molar-refractivity contribution in [3.8, 4) is 0 Å². The highest BCUT2D eigenvalue weighted by atomic mass is 16.4. The topological polar surface area (TPSA) is 40.5 Å². The Balaban J connectivity index is 1.75. The molecule has 1 aliphatic heterocycles. The maximum Gasteiger partial charge on any atom is 0.304 e. The lowest BCUT2D eigenvalue weighted by Crippen LogP contribution is -2.53. The van der Waals surface area contributed by atoms with Crippen molar-refractivity contribution in [2.75, 3.05) is 13.1 Å². The summed E-state index contributed by atoms with van der Waals surface area (Å²) in [6.45, 7) is 4.28. The Hall–Kier alpha value is -0.570. The van der Waals surface area contributed by atoms with Crippen molar-refractivity contribution in [2.24, 2.45) is 5.41 Å². The van der Waals surface area contributed by atoms with Crippen LogP contribution in [0.3, 0.4) is 0 Å². The van der Waals surface area contributed by atoms with Crippen LogP contribution in [0.5, 0.6) is 0 Å². The van der Waals surface area contributed by atoms with Gasteiger partial charge >= 0.3 is 5.97 Å². The van der Waals surface area contributed by atoms with E-state index >= 15 is 0 Å². The quantitative estimate of drug-likeness (QED) is 0.683. The largest absolute Gasteiger partial charge is 0.481 e. The number of nitrogens with zero attached hydrogens (tertiary/aromatic N) is 1. The molecular weight excluding hydrogens is 154 g/mol. The van der Waals surface area contributed by atoms with Crippen molar-refractivity contribution in [2.45, 2.75) is 32.2 Å². The molecule has 1 N–H and O–H groups in total. The number of carboxylic acids is 1. The Labute approximate surface area is 72.4 Å². The summed E-state index contributed by atoms with van der Waals surface area (Å²) in [7, 11) is 0. The van der Waals surface area contributed by atoms with E-state index < -0.39 is 5.97 Å². The standard InChI is InChI=1S/C9H15NO2/c1-7(4-8(11)12)10-5-9(6-10)2-3-9/h7H,2-6H2,1H3,(H,11,12). The summed E-state index contributed by atoms with van der Waals surface area (Å²) >= 11 is 0. The minimum absolute atomic E-state index is 0.230. The molecule has 3 heteroatoms. The average molecular weight is 169 g/mol. The molecule has 0 amide bonds. The first-order valence-electron chi connectivity index (χ1n) is 4.57. The molecule has 1 aliphatic carbocycles. The molecule has 2 fully saturated rings. The second-order valence-corrected chi connectivity index (χ2v) is 4.35. The fourth-order valence-corrected chi connectivity index (χ4v) is 2.00. The maximum atomic E-state index is 10.4. The van der Waals surface area contributed by atoms with E-state index in [0.717, 1.165) is 13.1 Å². The second-order valence-electron chi connectivity index (χ2n) is 4.35. The number of hydrogen-bond acceptors (Lipinski definition) is 2. The predicted octanol–water partition coefficient (Wildman–Crippen LogP) is 0.945. The van der Waals surface area contributed by atoms with Crippen molar-refractivity contribution in [1.29, 1.82) is 0 Å². The third kappa shape index (κ3) is 1.33. The van der Waals surface area contributed by atoms with E-state index in [1.807, 2.05) is 6.92 Å². The highest BCUT2D eigenvalue weighted by molar-refractivity contribution is 5.67. The minimum Gasteiger partial charge on any atom is -0.481 e. The molecular formula is C9H15NO2. The van der Waals surface area contributed by atoms with Crippen molar-refractivity contribution in [1.82, 2.24) is 4.90 Å². The second kappa shape index (κ2) is 2.46. The highest BCUT2D eigenvalue weighted by Crippen LogP contribution is 2.53. The third-order valence-electron chi connectivity index (χ3n) is 3.13. The first kappa shape index (κ1) is 8.05. The number of carboxylic acid groups (broad SMARTS) is 1. The van der Waals surface area contributed by atoms with Gasteiger partial charge in [0.15, 0.2) is 0 Å². The Kier molecular flexibility index (Phi) is 1.65. The lowest BCUT2D eigenvalue weighted by atomic mass is 9.94. The van der Waals surface area contributed by atoms with Gasteiger partial charge in [-0.15, -0.1) is 0 Å². The van der Waals surface area contributed by atoms with Crippen LogP contribution in [0.2, 0.25) is 0 Å². The molecule has 0 aromatic carbocycles. The van der Waals surface area contributed by atoms with Gasteiger partial charge in [-0.05, 0) is 25.2 Å². The number of carbonyl (C=O) groups is 1. The van der Waals surface area contributed by atoms with Crippen LogP contribution in [0.4, 0.5) is 0 Å². The molecule has 68 valence electrons. The van der Waals surface area contributed by atoms with Gasteiger partial charge in [0, 0.05) is 19.1 Å². The molecule has 0 bridgehead atoms. The Morgan fingerprint density at radius 2 is 2.17 bits per heavy atom. The molecule has 0 aromatic heterocycles. The van der Waals surface area contributed by atoms with Crippen LogP contribution in [0.1, 0.15) is 26.2 Å². The zero-order valence-electron chi connectivity index (χ0n) is 7.42. The van der Waals surface area contributed by atoms with E-state index in [1.54, 1.807) is 0 Å². The van der Waals surface area contributed by atoms with Gasteiger partial charge in [0.05, 0.1) is 6.42 Å². The molecule has 1 saturated heterocycles. The van der Waals surface area contributed by atoms with Crippen LogP contribution < -0.4 is 0 Å². The van der Waals surface area contributed by atoms with Crippen LogP contribution >= 0.6 is 0 Å². The first-order valence-corrected chi connectivity index (χ1v) is 4.57. The normalized spacial score (nSPS) is 28.1. The molecule has 2 rings (SSSR count). The van der Waals surface area contributed by atoms with Crippen LogP contribution in [0.15, 0.2) is 0 Å². The maximum absolute atomic E-state index is 10.4. The third-order valence-corrected chi connectivity index (χ3v) is 3.13. The number of likely N-dealkylation sites (tertiary alicyclic amines) is 1. The van der Waals surface area contributed by atoms with Gasteiger partial charge in [-0.25, -0.2) is 0 Å². The molecule has 1 atom stereocenters. The molecule has 2 aliphatic rings. The molecule has 3 nitrogen and oxygen atoms in total. The molecule has 1 spiro atoms. The number of rotatable bonds is 3.